The van der Waals surface area contributed by atoms with Gasteiger partial charge in [0.15, 0.2) is 11.5 Å². The first-order valence-corrected chi connectivity index (χ1v) is 14.9. The van der Waals surface area contributed by atoms with E-state index in [0.29, 0.717) is 43.4 Å². The minimum Gasteiger partial charge on any atom is -0.493 e. The Kier molecular flexibility index (Phi) is 9.69. The summed E-state index contributed by atoms with van der Waals surface area (Å²) in [6.07, 6.45) is 1.48. The zero-order valence-corrected chi connectivity index (χ0v) is 25.6. The molecule has 0 aliphatic rings. The molecule has 1 N–H and O–H groups in total. The van der Waals surface area contributed by atoms with Gasteiger partial charge in [0.05, 0.1) is 42.0 Å². The molecule has 4 aromatic carbocycles. The van der Waals surface area contributed by atoms with Crippen LogP contribution >= 0.6 is 27.5 Å². The van der Waals surface area contributed by atoms with E-state index in [-0.39, 0.29) is 11.4 Å². The number of hydrogen-bond acceptors (Lipinski definition) is 6. The number of aryl methyl sites for hydroxylation is 1. The molecule has 4 aromatic rings. The van der Waals surface area contributed by atoms with E-state index in [1.807, 2.05) is 6.92 Å². The molecule has 0 fully saturated rings. The second-order valence-corrected chi connectivity index (χ2v) is 12.0. The number of halogens is 2. The first-order chi connectivity index (χ1) is 19.6. The van der Waals surface area contributed by atoms with E-state index < -0.39 is 15.9 Å². The second-order valence-electron chi connectivity index (χ2n) is 8.89. The fourth-order valence-electron chi connectivity index (χ4n) is 4.04. The van der Waals surface area contributed by atoms with E-state index in [9.17, 15) is 13.2 Å². The van der Waals surface area contributed by atoms with Gasteiger partial charge < -0.3 is 9.47 Å². The summed E-state index contributed by atoms with van der Waals surface area (Å²) in [5.41, 5.74) is 5.44. The fraction of sp³-hybridized carbons (Fsp3) is 0.133. The molecule has 0 radical (unpaired) electrons. The van der Waals surface area contributed by atoms with Gasteiger partial charge in [-0.3, -0.25) is 9.10 Å². The first kappa shape index (κ1) is 30.1. The Morgan fingerprint density at radius 3 is 2.37 bits per heavy atom. The summed E-state index contributed by atoms with van der Waals surface area (Å²) in [6, 6.07) is 23.5. The molecule has 0 bridgehead atoms. The maximum Gasteiger partial charge on any atom is 0.271 e. The van der Waals surface area contributed by atoms with Gasteiger partial charge in [-0.15, -0.1) is 0 Å². The maximum absolute atomic E-state index is 13.7. The molecule has 0 aliphatic heterocycles. The molecule has 0 aliphatic carbocycles. The van der Waals surface area contributed by atoms with Crippen LogP contribution in [0.3, 0.4) is 0 Å². The Morgan fingerprint density at radius 2 is 1.71 bits per heavy atom. The quantitative estimate of drug-likeness (QED) is 0.154. The molecule has 212 valence electrons. The fourth-order valence-corrected chi connectivity index (χ4v) is 6.36. The molecule has 0 aromatic heterocycles. The van der Waals surface area contributed by atoms with Crippen LogP contribution in [-0.4, -0.2) is 34.8 Å². The van der Waals surface area contributed by atoms with Crippen molar-refractivity contribution in [3.8, 4) is 11.5 Å². The Hall–Kier alpha value is -3.86. The standard InChI is InChI=1S/C30H27BrClN3O5S/c1-20-9-14-24(32)17-27(20)35(41(37,38)25-7-5-4-6-8-25)19-21-10-12-23(13-11-21)30(36)34-33-18-22-15-26(31)29(40-3)28(16-22)39-2/h4-18H,19H2,1-3H3,(H,34,36)/b33-18-. The molecule has 11 heteroatoms. The Bertz CT molecular complexity index is 1680. The highest BCUT2D eigenvalue weighted by Crippen LogP contribution is 2.36. The van der Waals surface area contributed by atoms with E-state index in [1.54, 1.807) is 92.0 Å². The van der Waals surface area contributed by atoms with Crippen molar-refractivity contribution in [3.63, 3.8) is 0 Å². The molecule has 1 amide bonds. The van der Waals surface area contributed by atoms with Crippen LogP contribution in [0.25, 0.3) is 0 Å². The SMILES string of the molecule is COc1cc(/C=N\NC(=O)c2ccc(CN(c3cc(Cl)ccc3C)S(=O)(=O)c3ccccc3)cc2)cc(Br)c1OC. The van der Waals surface area contributed by atoms with Crippen LogP contribution in [0, 0.1) is 6.92 Å². The number of nitrogens with one attached hydrogen (secondary N) is 1. The molecular formula is C30H27BrClN3O5S. The minimum absolute atomic E-state index is 0.0344. The van der Waals surface area contributed by atoms with E-state index in [0.717, 1.165) is 5.56 Å². The normalized spacial score (nSPS) is 11.3. The predicted molar refractivity (Wildman–Crippen MR) is 165 cm³/mol. The summed E-state index contributed by atoms with van der Waals surface area (Å²) in [7, 11) is -0.840. The van der Waals surface area contributed by atoms with Gasteiger partial charge in [-0.2, -0.15) is 5.10 Å². The van der Waals surface area contributed by atoms with Crippen molar-refractivity contribution < 1.29 is 22.7 Å². The van der Waals surface area contributed by atoms with Crippen LogP contribution in [0.2, 0.25) is 5.02 Å². The van der Waals surface area contributed by atoms with Gasteiger partial charge in [-0.05, 0) is 88.1 Å². The first-order valence-electron chi connectivity index (χ1n) is 12.3. The van der Waals surface area contributed by atoms with Gasteiger partial charge in [-0.1, -0.05) is 48.0 Å². The molecule has 0 unspecified atom stereocenters. The molecule has 4 rings (SSSR count). The van der Waals surface area contributed by atoms with Crippen molar-refractivity contribution in [1.82, 2.24) is 5.43 Å². The minimum atomic E-state index is -3.91. The van der Waals surface area contributed by atoms with Crippen LogP contribution in [-0.2, 0) is 16.6 Å². The number of carbonyl (C=O) groups is 1. The summed E-state index contributed by atoms with van der Waals surface area (Å²) >= 11 is 9.67. The van der Waals surface area contributed by atoms with Gasteiger partial charge in [0.2, 0.25) is 0 Å². The van der Waals surface area contributed by atoms with E-state index in [1.165, 1.54) is 17.6 Å². The number of methoxy groups -OCH3 is 2. The summed E-state index contributed by atoms with van der Waals surface area (Å²) in [6.45, 7) is 1.86. The van der Waals surface area contributed by atoms with Gasteiger partial charge in [0.25, 0.3) is 15.9 Å². The van der Waals surface area contributed by atoms with Crippen LogP contribution in [0.4, 0.5) is 5.69 Å². The molecule has 0 saturated carbocycles. The maximum atomic E-state index is 13.7. The zero-order chi connectivity index (χ0) is 29.6. The third-order valence-corrected chi connectivity index (χ3v) is 8.75. The molecule has 8 nitrogen and oxygen atoms in total. The number of sulfonamides is 1. The third-order valence-electron chi connectivity index (χ3n) is 6.15. The smallest absolute Gasteiger partial charge is 0.271 e. The highest BCUT2D eigenvalue weighted by molar-refractivity contribution is 9.10. The van der Waals surface area contributed by atoms with E-state index in [4.69, 9.17) is 21.1 Å². The monoisotopic (exact) mass is 655 g/mol. The van der Waals surface area contributed by atoms with E-state index in [2.05, 4.69) is 26.5 Å². The summed E-state index contributed by atoms with van der Waals surface area (Å²) in [5.74, 6) is 0.641. The number of benzene rings is 4. The highest BCUT2D eigenvalue weighted by atomic mass is 79.9. The van der Waals surface area contributed by atoms with Crippen molar-refractivity contribution in [2.24, 2.45) is 5.10 Å². The molecular weight excluding hydrogens is 630 g/mol. The van der Waals surface area contributed by atoms with E-state index >= 15 is 0 Å². The Labute approximate surface area is 252 Å². The number of anilines is 1. The van der Waals surface area contributed by atoms with Crippen LogP contribution in [0.15, 0.2) is 99.4 Å². The van der Waals surface area contributed by atoms with Gasteiger partial charge >= 0.3 is 0 Å². The van der Waals surface area contributed by atoms with Crippen molar-refractivity contribution in [3.05, 3.63) is 117 Å². The lowest BCUT2D eigenvalue weighted by molar-refractivity contribution is 0.0955. The van der Waals surface area contributed by atoms with Crippen molar-refractivity contribution in [1.29, 1.82) is 0 Å². The van der Waals surface area contributed by atoms with Crippen LogP contribution in [0.5, 0.6) is 11.5 Å². The predicted octanol–water partition coefficient (Wildman–Crippen LogP) is 6.59. The van der Waals surface area contributed by atoms with Gasteiger partial charge in [-0.25, -0.2) is 13.8 Å². The number of amides is 1. The number of nitrogens with zero attached hydrogens (tertiary/aromatic N) is 2. The van der Waals surface area contributed by atoms with Crippen molar-refractivity contribution in [2.75, 3.05) is 18.5 Å². The summed E-state index contributed by atoms with van der Waals surface area (Å²) < 4.78 is 40.0. The molecule has 0 saturated heterocycles. The van der Waals surface area contributed by atoms with Crippen LogP contribution in [0.1, 0.15) is 27.0 Å². The number of ether oxygens (including phenoxy) is 2. The van der Waals surface area contributed by atoms with Gasteiger partial charge in [0.1, 0.15) is 0 Å². The average Bonchev–Trinajstić information content (AvgIpc) is 2.97. The molecule has 0 spiro atoms. The Morgan fingerprint density at radius 1 is 1.00 bits per heavy atom. The summed E-state index contributed by atoms with van der Waals surface area (Å²) in [5, 5.41) is 4.47. The molecule has 41 heavy (non-hydrogen) atoms. The zero-order valence-electron chi connectivity index (χ0n) is 22.5. The number of carbonyl (C=O) groups excluding carboxylic acids is 1. The van der Waals surface area contributed by atoms with Crippen LogP contribution < -0.4 is 19.2 Å². The third kappa shape index (κ3) is 7.08. The largest absolute Gasteiger partial charge is 0.493 e. The topological polar surface area (TPSA) is 97.3 Å². The van der Waals surface area contributed by atoms with Gasteiger partial charge in [0, 0.05) is 10.6 Å². The molecule has 0 heterocycles. The molecule has 0 atom stereocenters. The lowest BCUT2D eigenvalue weighted by Gasteiger charge is -2.26. The lowest BCUT2D eigenvalue weighted by atomic mass is 10.1. The second kappa shape index (κ2) is 13.2. The van der Waals surface area contributed by atoms with Crippen molar-refractivity contribution in [2.45, 2.75) is 18.4 Å². The highest BCUT2D eigenvalue weighted by Gasteiger charge is 2.26. The number of hydrogen-bond donors (Lipinski definition) is 1. The number of hydrazone groups is 1. The lowest BCUT2D eigenvalue weighted by Crippen LogP contribution is -2.31. The summed E-state index contributed by atoms with van der Waals surface area (Å²) in [4.78, 5) is 12.9. The average molecular weight is 657 g/mol. The number of rotatable bonds is 10. The Balaban J connectivity index is 1.53. The van der Waals surface area contributed by atoms with Crippen molar-refractivity contribution >= 4 is 55.4 Å².